The molecule has 0 aromatic carbocycles. The second-order valence-electron chi connectivity index (χ2n) is 3.86. The van der Waals surface area contributed by atoms with Crippen LogP contribution in [0.4, 0.5) is 0 Å². The van der Waals surface area contributed by atoms with Crippen LogP contribution >= 0.6 is 0 Å². The molecule has 2 aromatic rings. The topological polar surface area (TPSA) is 110 Å². The maximum atomic E-state index is 11.1. The SMILES string of the molecule is CS(=O)(=O)Cc1ccc(-c2ccnnc2)nc1.O=CO. The van der Waals surface area contributed by atoms with Crippen LogP contribution in [0.3, 0.4) is 0 Å². The van der Waals surface area contributed by atoms with Gasteiger partial charge in [-0.3, -0.25) is 9.78 Å². The third-order valence-electron chi connectivity index (χ3n) is 2.13. The Morgan fingerprint density at radius 2 is 1.90 bits per heavy atom. The molecule has 0 atom stereocenters. The zero-order valence-corrected chi connectivity index (χ0v) is 11.5. The van der Waals surface area contributed by atoms with Crippen LogP contribution in [-0.2, 0) is 20.4 Å². The highest BCUT2D eigenvalue weighted by Crippen LogP contribution is 2.15. The van der Waals surface area contributed by atoms with E-state index in [1.165, 1.54) is 6.26 Å². The molecule has 7 nitrogen and oxygen atoms in total. The predicted molar refractivity (Wildman–Crippen MR) is 72.5 cm³/mol. The van der Waals surface area contributed by atoms with Crippen molar-refractivity contribution in [3.8, 4) is 11.3 Å². The lowest BCUT2D eigenvalue weighted by molar-refractivity contribution is -0.122. The Labute approximate surface area is 116 Å². The van der Waals surface area contributed by atoms with E-state index in [0.717, 1.165) is 11.3 Å². The number of carboxylic acid groups (broad SMARTS) is 1. The molecule has 8 heteroatoms. The summed E-state index contributed by atoms with van der Waals surface area (Å²) in [5.41, 5.74) is 2.28. The fourth-order valence-electron chi connectivity index (χ4n) is 1.43. The summed E-state index contributed by atoms with van der Waals surface area (Å²) in [6, 6.07) is 5.33. The maximum Gasteiger partial charge on any atom is 0.290 e. The fraction of sp³-hybridized carbons (Fsp3) is 0.167. The molecule has 0 aliphatic rings. The van der Waals surface area contributed by atoms with E-state index in [2.05, 4.69) is 15.2 Å². The number of carbonyl (C=O) groups is 1. The van der Waals surface area contributed by atoms with Crippen LogP contribution in [0.15, 0.2) is 36.8 Å². The third kappa shape index (κ3) is 5.53. The van der Waals surface area contributed by atoms with E-state index in [-0.39, 0.29) is 12.2 Å². The number of nitrogens with zero attached hydrogens (tertiary/aromatic N) is 3. The molecule has 0 bridgehead atoms. The van der Waals surface area contributed by atoms with Crippen molar-refractivity contribution in [2.45, 2.75) is 5.75 Å². The average Bonchev–Trinajstić information content (AvgIpc) is 2.40. The molecule has 0 unspecified atom stereocenters. The van der Waals surface area contributed by atoms with Crippen molar-refractivity contribution in [2.24, 2.45) is 0 Å². The summed E-state index contributed by atoms with van der Waals surface area (Å²) in [5, 5.41) is 14.3. The van der Waals surface area contributed by atoms with E-state index in [0.29, 0.717) is 5.56 Å². The first-order valence-corrected chi connectivity index (χ1v) is 7.50. The monoisotopic (exact) mass is 295 g/mol. The van der Waals surface area contributed by atoms with Gasteiger partial charge in [-0.2, -0.15) is 10.2 Å². The number of sulfone groups is 1. The Morgan fingerprint density at radius 3 is 2.35 bits per heavy atom. The minimum Gasteiger partial charge on any atom is -0.483 e. The number of aromatic nitrogens is 3. The van der Waals surface area contributed by atoms with Crippen molar-refractivity contribution in [3.63, 3.8) is 0 Å². The molecule has 0 saturated carbocycles. The zero-order chi connectivity index (χ0) is 15.0. The van der Waals surface area contributed by atoms with Crippen molar-refractivity contribution in [2.75, 3.05) is 6.26 Å². The van der Waals surface area contributed by atoms with Crippen LogP contribution in [0.5, 0.6) is 0 Å². The highest BCUT2D eigenvalue weighted by Gasteiger charge is 2.05. The van der Waals surface area contributed by atoms with Crippen LogP contribution < -0.4 is 0 Å². The lowest BCUT2D eigenvalue weighted by Crippen LogP contribution is -2.01. The van der Waals surface area contributed by atoms with E-state index >= 15 is 0 Å². The minimum absolute atomic E-state index is 0.00880. The first kappa shape index (κ1) is 15.7. The van der Waals surface area contributed by atoms with Crippen LogP contribution in [0.25, 0.3) is 11.3 Å². The Balaban J connectivity index is 0.000000612. The highest BCUT2D eigenvalue weighted by atomic mass is 32.2. The second-order valence-corrected chi connectivity index (χ2v) is 6.00. The molecule has 0 aliphatic carbocycles. The van der Waals surface area contributed by atoms with Gasteiger partial charge in [-0.1, -0.05) is 6.07 Å². The van der Waals surface area contributed by atoms with Gasteiger partial charge in [-0.15, -0.1) is 0 Å². The number of rotatable bonds is 3. The van der Waals surface area contributed by atoms with Crippen molar-refractivity contribution < 1.29 is 18.3 Å². The van der Waals surface area contributed by atoms with E-state index < -0.39 is 9.84 Å². The summed E-state index contributed by atoms with van der Waals surface area (Å²) in [4.78, 5) is 12.6. The molecule has 0 amide bonds. The van der Waals surface area contributed by atoms with Gasteiger partial charge in [0.1, 0.15) is 0 Å². The Kier molecular flexibility index (Phi) is 5.73. The number of pyridine rings is 1. The number of hydrogen-bond donors (Lipinski definition) is 1. The van der Waals surface area contributed by atoms with E-state index in [9.17, 15) is 8.42 Å². The third-order valence-corrected chi connectivity index (χ3v) is 2.99. The quantitative estimate of drug-likeness (QED) is 0.833. The molecular weight excluding hydrogens is 282 g/mol. The van der Waals surface area contributed by atoms with E-state index in [1.807, 2.05) is 0 Å². The maximum absolute atomic E-state index is 11.1. The first-order valence-electron chi connectivity index (χ1n) is 5.44. The number of hydrogen-bond acceptors (Lipinski definition) is 6. The molecule has 2 heterocycles. The highest BCUT2D eigenvalue weighted by molar-refractivity contribution is 7.89. The molecule has 0 aliphatic heterocycles. The van der Waals surface area contributed by atoms with Crippen molar-refractivity contribution >= 4 is 16.3 Å². The molecule has 20 heavy (non-hydrogen) atoms. The minimum atomic E-state index is -3.02. The predicted octanol–water partition coefficient (Wildman–Crippen LogP) is 0.784. The van der Waals surface area contributed by atoms with E-state index in [1.54, 1.807) is 36.8 Å². The Hall–Kier alpha value is -2.35. The molecular formula is C12H13N3O4S. The van der Waals surface area contributed by atoms with Crippen molar-refractivity contribution in [3.05, 3.63) is 42.4 Å². The molecule has 106 valence electrons. The van der Waals surface area contributed by atoms with Gasteiger partial charge >= 0.3 is 0 Å². The van der Waals surface area contributed by atoms with Gasteiger partial charge in [0.25, 0.3) is 6.47 Å². The lowest BCUT2D eigenvalue weighted by atomic mass is 10.2. The lowest BCUT2D eigenvalue weighted by Gasteiger charge is -2.02. The van der Waals surface area contributed by atoms with Crippen LogP contribution in [-0.4, -0.2) is 41.4 Å². The Morgan fingerprint density at radius 1 is 1.20 bits per heavy atom. The molecule has 2 aromatic heterocycles. The molecule has 0 fully saturated rings. The van der Waals surface area contributed by atoms with Crippen molar-refractivity contribution in [1.29, 1.82) is 0 Å². The summed E-state index contributed by atoms with van der Waals surface area (Å²) in [5.74, 6) is 0.00880. The summed E-state index contributed by atoms with van der Waals surface area (Å²) >= 11 is 0. The normalized spacial score (nSPS) is 10.2. The van der Waals surface area contributed by atoms with Gasteiger partial charge in [0.15, 0.2) is 9.84 Å². The molecule has 0 spiro atoms. The Bertz CT molecular complexity index is 642. The van der Waals surface area contributed by atoms with Gasteiger partial charge in [-0.25, -0.2) is 8.42 Å². The second kappa shape index (κ2) is 7.29. The van der Waals surface area contributed by atoms with Crippen LogP contribution in [0, 0.1) is 0 Å². The van der Waals surface area contributed by atoms with Crippen LogP contribution in [0.2, 0.25) is 0 Å². The fourth-order valence-corrected chi connectivity index (χ4v) is 2.20. The van der Waals surface area contributed by atoms with E-state index in [4.69, 9.17) is 9.90 Å². The van der Waals surface area contributed by atoms with Crippen LogP contribution in [0.1, 0.15) is 5.56 Å². The van der Waals surface area contributed by atoms with Gasteiger partial charge in [0.05, 0.1) is 23.8 Å². The zero-order valence-electron chi connectivity index (χ0n) is 10.7. The summed E-state index contributed by atoms with van der Waals surface area (Å²) < 4.78 is 22.2. The van der Waals surface area contributed by atoms with Crippen molar-refractivity contribution in [1.82, 2.24) is 15.2 Å². The van der Waals surface area contributed by atoms with Gasteiger partial charge < -0.3 is 5.11 Å². The molecule has 2 rings (SSSR count). The molecule has 0 saturated heterocycles. The standard InChI is InChI=1S/C11H11N3O2S.CH2O2/c1-17(15,16)8-9-2-3-11(12-6-9)10-4-5-13-14-7-10;2-1-3/h2-7H,8H2,1H3;1H,(H,2,3). The summed E-state index contributed by atoms with van der Waals surface area (Å²) in [6.07, 6.45) is 5.96. The average molecular weight is 295 g/mol. The summed E-state index contributed by atoms with van der Waals surface area (Å²) in [7, 11) is -3.02. The largest absolute Gasteiger partial charge is 0.483 e. The smallest absolute Gasteiger partial charge is 0.290 e. The molecule has 0 radical (unpaired) electrons. The van der Waals surface area contributed by atoms with Gasteiger partial charge in [-0.05, 0) is 17.7 Å². The van der Waals surface area contributed by atoms with Gasteiger partial charge in [0, 0.05) is 18.0 Å². The summed E-state index contributed by atoms with van der Waals surface area (Å²) in [6.45, 7) is -0.250. The molecule has 1 N–H and O–H groups in total. The first-order chi connectivity index (χ1) is 9.46. The van der Waals surface area contributed by atoms with Gasteiger partial charge in [0.2, 0.25) is 0 Å².